The van der Waals surface area contributed by atoms with Gasteiger partial charge in [-0.05, 0) is 43.5 Å². The van der Waals surface area contributed by atoms with E-state index in [0.29, 0.717) is 12.0 Å². The third-order valence-corrected chi connectivity index (χ3v) is 4.10. The first-order valence-electron chi connectivity index (χ1n) is 7.35. The Morgan fingerprint density at radius 1 is 1.29 bits per heavy atom. The molecule has 5 heteroatoms. The quantitative estimate of drug-likeness (QED) is 0.792. The van der Waals surface area contributed by atoms with E-state index in [4.69, 9.17) is 5.73 Å². The van der Waals surface area contributed by atoms with E-state index in [1.54, 1.807) is 25.2 Å². The first-order valence-corrected chi connectivity index (χ1v) is 7.35. The van der Waals surface area contributed by atoms with Crippen molar-refractivity contribution in [1.82, 2.24) is 5.32 Å². The van der Waals surface area contributed by atoms with Gasteiger partial charge in [-0.2, -0.15) is 0 Å². The van der Waals surface area contributed by atoms with Gasteiger partial charge in [0.05, 0.1) is 0 Å². The fourth-order valence-electron chi connectivity index (χ4n) is 2.86. The van der Waals surface area contributed by atoms with Gasteiger partial charge >= 0.3 is 0 Å². The molecule has 0 unspecified atom stereocenters. The van der Waals surface area contributed by atoms with E-state index in [9.17, 15) is 9.59 Å². The molecule has 2 rings (SSSR count). The lowest BCUT2D eigenvalue weighted by atomic mass is 9.94. The molecule has 0 saturated heterocycles. The minimum atomic E-state index is -0.347. The summed E-state index contributed by atoms with van der Waals surface area (Å²) in [7, 11) is 1.59. The number of hydrogen-bond donors (Lipinski definition) is 3. The van der Waals surface area contributed by atoms with Gasteiger partial charge in [0, 0.05) is 30.3 Å². The summed E-state index contributed by atoms with van der Waals surface area (Å²) in [5, 5.41) is 5.47. The zero-order valence-electron chi connectivity index (χ0n) is 12.7. The molecule has 0 atom stereocenters. The molecular formula is C16H23N3O2. The number of amides is 2. The second-order valence-corrected chi connectivity index (χ2v) is 5.90. The van der Waals surface area contributed by atoms with Crippen molar-refractivity contribution >= 4 is 17.5 Å². The van der Waals surface area contributed by atoms with Gasteiger partial charge in [0.15, 0.2) is 0 Å². The van der Waals surface area contributed by atoms with Crippen LogP contribution in [0.1, 0.15) is 48.0 Å². The molecule has 5 nitrogen and oxygen atoms in total. The smallest absolute Gasteiger partial charge is 0.251 e. The average molecular weight is 289 g/mol. The Hall–Kier alpha value is -1.88. The molecule has 1 aliphatic carbocycles. The lowest BCUT2D eigenvalue weighted by molar-refractivity contribution is -0.117. The summed E-state index contributed by atoms with van der Waals surface area (Å²) in [5.41, 5.74) is 8.05. The lowest BCUT2D eigenvalue weighted by Crippen LogP contribution is -2.40. The standard InChI is InChI=1S/C16H23N3O2/c1-11-9-12(15(21)18-2)5-6-13(11)19-14(20)10-16(17)7-3-4-8-16/h5-6,9H,3-4,7-8,10,17H2,1-2H3,(H,18,21)(H,19,20). The maximum atomic E-state index is 12.1. The van der Waals surface area contributed by atoms with Crippen molar-refractivity contribution in [3.63, 3.8) is 0 Å². The van der Waals surface area contributed by atoms with Crippen LogP contribution in [0.4, 0.5) is 5.69 Å². The van der Waals surface area contributed by atoms with Gasteiger partial charge in [0.1, 0.15) is 0 Å². The molecule has 1 aromatic rings. The Bertz CT molecular complexity index is 548. The summed E-state index contributed by atoms with van der Waals surface area (Å²) in [6, 6.07) is 5.23. The highest BCUT2D eigenvalue weighted by Crippen LogP contribution is 2.30. The molecule has 0 bridgehead atoms. The Morgan fingerprint density at radius 2 is 1.95 bits per heavy atom. The maximum Gasteiger partial charge on any atom is 0.251 e. The Balaban J connectivity index is 2.02. The Kier molecular flexibility index (Phi) is 4.63. The number of carbonyl (C=O) groups excluding carboxylic acids is 2. The Morgan fingerprint density at radius 3 is 2.52 bits per heavy atom. The highest BCUT2D eigenvalue weighted by Gasteiger charge is 2.31. The fourth-order valence-corrected chi connectivity index (χ4v) is 2.86. The first kappa shape index (κ1) is 15.5. The third-order valence-electron chi connectivity index (χ3n) is 4.10. The van der Waals surface area contributed by atoms with Crippen LogP contribution in [-0.4, -0.2) is 24.4 Å². The minimum absolute atomic E-state index is 0.0600. The summed E-state index contributed by atoms with van der Waals surface area (Å²) in [5.74, 6) is -0.196. The molecular weight excluding hydrogens is 266 g/mol. The van der Waals surface area contributed by atoms with Crippen molar-refractivity contribution in [1.29, 1.82) is 0 Å². The van der Waals surface area contributed by atoms with Crippen molar-refractivity contribution in [2.24, 2.45) is 5.73 Å². The number of benzene rings is 1. The number of anilines is 1. The average Bonchev–Trinajstić information content (AvgIpc) is 2.86. The molecule has 114 valence electrons. The van der Waals surface area contributed by atoms with E-state index in [1.807, 2.05) is 6.92 Å². The predicted octanol–water partition coefficient (Wildman–Crippen LogP) is 1.95. The first-order chi connectivity index (χ1) is 9.93. The summed E-state index contributed by atoms with van der Waals surface area (Å²) in [6.45, 7) is 1.87. The largest absolute Gasteiger partial charge is 0.355 e. The van der Waals surface area contributed by atoms with Gasteiger partial charge in [0.2, 0.25) is 5.91 Å². The van der Waals surface area contributed by atoms with Gasteiger partial charge in [-0.1, -0.05) is 12.8 Å². The van der Waals surface area contributed by atoms with Gasteiger partial charge < -0.3 is 16.4 Å². The lowest BCUT2D eigenvalue weighted by Gasteiger charge is -2.22. The number of nitrogens with two attached hydrogens (primary N) is 1. The van der Waals surface area contributed by atoms with Gasteiger partial charge in [-0.3, -0.25) is 9.59 Å². The van der Waals surface area contributed by atoms with E-state index in [2.05, 4.69) is 10.6 Å². The van der Waals surface area contributed by atoms with Crippen LogP contribution in [-0.2, 0) is 4.79 Å². The molecule has 4 N–H and O–H groups in total. The second kappa shape index (κ2) is 6.26. The Labute approximate surface area is 125 Å². The van der Waals surface area contributed by atoms with Crippen LogP contribution in [0.5, 0.6) is 0 Å². The molecule has 1 fully saturated rings. The highest BCUT2D eigenvalue weighted by molar-refractivity contribution is 5.96. The van der Waals surface area contributed by atoms with Crippen LogP contribution < -0.4 is 16.4 Å². The van der Waals surface area contributed by atoms with Crippen molar-refractivity contribution < 1.29 is 9.59 Å². The third kappa shape index (κ3) is 3.82. The monoisotopic (exact) mass is 289 g/mol. The number of aryl methyl sites for hydroxylation is 1. The number of hydrogen-bond acceptors (Lipinski definition) is 3. The van der Waals surface area contributed by atoms with E-state index in [-0.39, 0.29) is 17.4 Å². The van der Waals surface area contributed by atoms with Gasteiger partial charge in [-0.15, -0.1) is 0 Å². The van der Waals surface area contributed by atoms with Crippen LogP contribution >= 0.6 is 0 Å². The second-order valence-electron chi connectivity index (χ2n) is 5.90. The van der Waals surface area contributed by atoms with Crippen LogP contribution in [0.25, 0.3) is 0 Å². The zero-order chi connectivity index (χ0) is 15.5. The summed E-state index contributed by atoms with van der Waals surface area (Å²) >= 11 is 0. The van der Waals surface area contributed by atoms with Crippen LogP contribution in [0.15, 0.2) is 18.2 Å². The highest BCUT2D eigenvalue weighted by atomic mass is 16.2. The van der Waals surface area contributed by atoms with E-state index < -0.39 is 0 Å². The van der Waals surface area contributed by atoms with E-state index in [1.165, 1.54) is 0 Å². The van der Waals surface area contributed by atoms with Gasteiger partial charge in [-0.25, -0.2) is 0 Å². The number of nitrogens with one attached hydrogen (secondary N) is 2. The van der Waals surface area contributed by atoms with Crippen molar-refractivity contribution in [3.05, 3.63) is 29.3 Å². The molecule has 2 amide bonds. The molecule has 0 radical (unpaired) electrons. The topological polar surface area (TPSA) is 84.2 Å². The summed E-state index contributed by atoms with van der Waals surface area (Å²) in [4.78, 5) is 23.7. The normalized spacial score (nSPS) is 16.5. The fraction of sp³-hybridized carbons (Fsp3) is 0.500. The van der Waals surface area contributed by atoms with E-state index >= 15 is 0 Å². The number of carbonyl (C=O) groups is 2. The van der Waals surface area contributed by atoms with E-state index in [0.717, 1.165) is 36.9 Å². The molecule has 1 aliphatic rings. The van der Waals surface area contributed by atoms with Crippen molar-refractivity contribution in [3.8, 4) is 0 Å². The minimum Gasteiger partial charge on any atom is -0.355 e. The molecule has 0 heterocycles. The van der Waals surface area contributed by atoms with Crippen molar-refractivity contribution in [2.75, 3.05) is 12.4 Å². The molecule has 21 heavy (non-hydrogen) atoms. The molecule has 0 aliphatic heterocycles. The van der Waals surface area contributed by atoms with Crippen LogP contribution in [0, 0.1) is 6.92 Å². The van der Waals surface area contributed by atoms with Gasteiger partial charge in [0.25, 0.3) is 5.91 Å². The van der Waals surface area contributed by atoms with Crippen LogP contribution in [0.3, 0.4) is 0 Å². The predicted molar refractivity (Wildman–Crippen MR) is 83.2 cm³/mol. The molecule has 0 spiro atoms. The summed E-state index contributed by atoms with van der Waals surface area (Å²) in [6.07, 6.45) is 4.38. The molecule has 0 aromatic heterocycles. The van der Waals surface area contributed by atoms with Crippen molar-refractivity contribution in [2.45, 2.75) is 44.6 Å². The number of rotatable bonds is 4. The summed E-state index contributed by atoms with van der Waals surface area (Å²) < 4.78 is 0. The maximum absolute atomic E-state index is 12.1. The SMILES string of the molecule is CNC(=O)c1ccc(NC(=O)CC2(N)CCCC2)c(C)c1. The van der Waals surface area contributed by atoms with Crippen LogP contribution in [0.2, 0.25) is 0 Å². The molecule has 1 saturated carbocycles. The zero-order valence-corrected chi connectivity index (χ0v) is 12.7. The molecule has 1 aromatic carbocycles.